The fourth-order valence-corrected chi connectivity index (χ4v) is 3.88. The molecule has 106 valence electrons. The fraction of sp³-hybridized carbons (Fsp3) is 0.333. The summed E-state index contributed by atoms with van der Waals surface area (Å²) in [4.78, 5) is 2.37. The zero-order valence-electron chi connectivity index (χ0n) is 11.0. The zero-order chi connectivity index (χ0) is 13.9. The standard InChI is InChI=1S/C15H16FIN2S/c16-14-2-1-12(17)9-13(14)15(11-3-8-20-10-11)19-6-4-18-5-7-19/h1-3,8-10,15,18H,4-7H2/t15-/m0/s1. The molecule has 1 N–H and O–H groups in total. The van der Waals surface area contributed by atoms with Crippen LogP contribution in [0.4, 0.5) is 4.39 Å². The summed E-state index contributed by atoms with van der Waals surface area (Å²) in [6, 6.07) is 7.51. The van der Waals surface area contributed by atoms with Crippen LogP contribution in [-0.4, -0.2) is 31.1 Å². The van der Waals surface area contributed by atoms with E-state index in [-0.39, 0.29) is 11.9 Å². The van der Waals surface area contributed by atoms with Crippen LogP contribution in [0.1, 0.15) is 17.2 Å². The summed E-state index contributed by atoms with van der Waals surface area (Å²) >= 11 is 3.92. The molecule has 1 fully saturated rings. The Morgan fingerprint density at radius 2 is 2.05 bits per heavy atom. The van der Waals surface area contributed by atoms with E-state index in [4.69, 9.17) is 0 Å². The van der Waals surface area contributed by atoms with Crippen molar-refractivity contribution in [2.45, 2.75) is 6.04 Å². The first-order valence-electron chi connectivity index (χ1n) is 6.67. The average Bonchev–Trinajstić information content (AvgIpc) is 2.98. The average molecular weight is 402 g/mol. The third kappa shape index (κ3) is 3.05. The third-order valence-corrected chi connectivity index (χ3v) is 5.00. The van der Waals surface area contributed by atoms with Crippen molar-refractivity contribution in [2.75, 3.05) is 26.2 Å². The van der Waals surface area contributed by atoms with Gasteiger partial charge < -0.3 is 5.32 Å². The van der Waals surface area contributed by atoms with Crippen molar-refractivity contribution in [1.82, 2.24) is 10.2 Å². The number of hydrogen-bond acceptors (Lipinski definition) is 3. The highest BCUT2D eigenvalue weighted by molar-refractivity contribution is 14.1. The summed E-state index contributed by atoms with van der Waals surface area (Å²) in [7, 11) is 0. The van der Waals surface area contributed by atoms with Gasteiger partial charge in [-0.25, -0.2) is 4.39 Å². The molecule has 5 heteroatoms. The molecule has 1 aromatic carbocycles. The largest absolute Gasteiger partial charge is 0.314 e. The van der Waals surface area contributed by atoms with E-state index in [1.165, 1.54) is 5.56 Å². The lowest BCUT2D eigenvalue weighted by Gasteiger charge is -2.35. The van der Waals surface area contributed by atoms with Crippen LogP contribution in [0.5, 0.6) is 0 Å². The van der Waals surface area contributed by atoms with E-state index in [2.05, 4.69) is 49.6 Å². The normalized spacial score (nSPS) is 18.1. The summed E-state index contributed by atoms with van der Waals surface area (Å²) < 4.78 is 15.4. The predicted molar refractivity (Wildman–Crippen MR) is 89.7 cm³/mol. The van der Waals surface area contributed by atoms with Crippen LogP contribution in [-0.2, 0) is 0 Å². The van der Waals surface area contributed by atoms with E-state index < -0.39 is 0 Å². The molecule has 20 heavy (non-hydrogen) atoms. The first-order valence-corrected chi connectivity index (χ1v) is 8.69. The van der Waals surface area contributed by atoms with Gasteiger partial charge in [0.2, 0.25) is 0 Å². The molecule has 0 spiro atoms. The highest BCUT2D eigenvalue weighted by Crippen LogP contribution is 2.32. The van der Waals surface area contributed by atoms with Gasteiger partial charge in [-0.2, -0.15) is 11.3 Å². The van der Waals surface area contributed by atoms with Gasteiger partial charge >= 0.3 is 0 Å². The lowest BCUT2D eigenvalue weighted by atomic mass is 9.98. The molecule has 1 aromatic heterocycles. The topological polar surface area (TPSA) is 15.3 Å². The molecule has 1 aliphatic rings. The molecule has 1 atom stereocenters. The van der Waals surface area contributed by atoms with Crippen LogP contribution < -0.4 is 5.32 Å². The van der Waals surface area contributed by atoms with Crippen LogP contribution in [0.3, 0.4) is 0 Å². The number of piperazine rings is 1. The van der Waals surface area contributed by atoms with Crippen LogP contribution in [0.2, 0.25) is 0 Å². The SMILES string of the molecule is Fc1ccc(I)cc1[C@H](c1ccsc1)N1CCNCC1. The molecule has 3 rings (SSSR count). The Labute approximate surface area is 136 Å². The number of nitrogens with zero attached hydrogens (tertiary/aromatic N) is 1. The molecule has 2 heterocycles. The summed E-state index contributed by atoms with van der Waals surface area (Å²) in [5, 5.41) is 7.55. The first-order chi connectivity index (χ1) is 9.75. The van der Waals surface area contributed by atoms with E-state index in [9.17, 15) is 4.39 Å². The highest BCUT2D eigenvalue weighted by atomic mass is 127. The molecule has 0 amide bonds. The molecule has 0 bridgehead atoms. The van der Waals surface area contributed by atoms with Crippen LogP contribution in [0, 0.1) is 9.39 Å². The van der Waals surface area contributed by atoms with Gasteiger partial charge in [0.15, 0.2) is 0 Å². The summed E-state index contributed by atoms with van der Waals surface area (Å²) in [5.41, 5.74) is 1.98. The summed E-state index contributed by atoms with van der Waals surface area (Å²) in [6.45, 7) is 3.83. The minimum Gasteiger partial charge on any atom is -0.314 e. The molecule has 0 radical (unpaired) electrons. The number of benzene rings is 1. The van der Waals surface area contributed by atoms with Gasteiger partial charge in [0.1, 0.15) is 5.82 Å². The second-order valence-corrected chi connectivity index (χ2v) is 6.94. The predicted octanol–water partition coefficient (Wildman–Crippen LogP) is 3.49. The van der Waals surface area contributed by atoms with Gasteiger partial charge in [-0.05, 0) is 63.2 Å². The molecular weight excluding hydrogens is 386 g/mol. The van der Waals surface area contributed by atoms with Gasteiger partial charge in [-0.15, -0.1) is 0 Å². The zero-order valence-corrected chi connectivity index (χ0v) is 14.0. The van der Waals surface area contributed by atoms with Gasteiger partial charge in [0, 0.05) is 35.3 Å². The third-order valence-electron chi connectivity index (χ3n) is 3.63. The van der Waals surface area contributed by atoms with Crippen molar-refractivity contribution in [2.24, 2.45) is 0 Å². The van der Waals surface area contributed by atoms with E-state index in [0.29, 0.717) is 0 Å². The molecule has 1 saturated heterocycles. The van der Waals surface area contributed by atoms with E-state index in [0.717, 1.165) is 35.3 Å². The Kier molecular flexibility index (Phi) is 4.70. The molecule has 1 aliphatic heterocycles. The van der Waals surface area contributed by atoms with E-state index >= 15 is 0 Å². The number of halogens is 2. The van der Waals surface area contributed by atoms with Crippen molar-refractivity contribution < 1.29 is 4.39 Å². The van der Waals surface area contributed by atoms with Gasteiger partial charge in [-0.3, -0.25) is 4.90 Å². The summed E-state index contributed by atoms with van der Waals surface area (Å²) in [6.07, 6.45) is 0. The molecule has 0 aliphatic carbocycles. The van der Waals surface area contributed by atoms with Crippen molar-refractivity contribution in [3.05, 3.63) is 55.5 Å². The van der Waals surface area contributed by atoms with Gasteiger partial charge in [0.25, 0.3) is 0 Å². The maximum Gasteiger partial charge on any atom is 0.128 e. The minimum atomic E-state index is -0.111. The van der Waals surface area contributed by atoms with Gasteiger partial charge in [-0.1, -0.05) is 0 Å². The Bertz CT molecular complexity index is 567. The molecule has 2 nitrogen and oxygen atoms in total. The van der Waals surface area contributed by atoms with Crippen LogP contribution in [0.25, 0.3) is 0 Å². The monoisotopic (exact) mass is 402 g/mol. The molecule has 2 aromatic rings. The second-order valence-electron chi connectivity index (χ2n) is 4.91. The number of thiophene rings is 1. The second kappa shape index (κ2) is 6.51. The maximum absolute atomic E-state index is 14.3. The van der Waals surface area contributed by atoms with Crippen molar-refractivity contribution in [1.29, 1.82) is 0 Å². The molecule has 0 unspecified atom stereocenters. The fourth-order valence-electron chi connectivity index (χ4n) is 2.68. The lowest BCUT2D eigenvalue weighted by molar-refractivity contribution is 0.195. The first kappa shape index (κ1) is 14.4. The smallest absolute Gasteiger partial charge is 0.128 e. The Balaban J connectivity index is 2.02. The van der Waals surface area contributed by atoms with Crippen LogP contribution >= 0.6 is 33.9 Å². The van der Waals surface area contributed by atoms with Crippen molar-refractivity contribution in [3.63, 3.8) is 0 Å². The lowest BCUT2D eigenvalue weighted by Crippen LogP contribution is -2.45. The Morgan fingerprint density at radius 1 is 1.25 bits per heavy atom. The summed E-state index contributed by atoms with van der Waals surface area (Å²) in [5.74, 6) is -0.111. The van der Waals surface area contributed by atoms with Crippen LogP contribution in [0.15, 0.2) is 35.0 Å². The van der Waals surface area contributed by atoms with E-state index in [1.54, 1.807) is 17.4 Å². The molecular formula is C15H16FIN2S. The van der Waals surface area contributed by atoms with Crippen molar-refractivity contribution >= 4 is 33.9 Å². The van der Waals surface area contributed by atoms with Crippen molar-refractivity contribution in [3.8, 4) is 0 Å². The number of nitrogens with one attached hydrogen (secondary N) is 1. The van der Waals surface area contributed by atoms with E-state index in [1.807, 2.05) is 12.1 Å². The highest BCUT2D eigenvalue weighted by Gasteiger charge is 2.26. The maximum atomic E-state index is 14.3. The van der Waals surface area contributed by atoms with Gasteiger partial charge in [0.05, 0.1) is 6.04 Å². The number of hydrogen-bond donors (Lipinski definition) is 1. The molecule has 0 saturated carbocycles. The Hall–Kier alpha value is -0.500. The Morgan fingerprint density at radius 3 is 2.75 bits per heavy atom. The number of rotatable bonds is 3. The minimum absolute atomic E-state index is 0.0260. The quantitative estimate of drug-likeness (QED) is 0.791.